The molecule has 2 aliphatic rings. The van der Waals surface area contributed by atoms with Crippen LogP contribution in [0.5, 0.6) is 0 Å². The highest BCUT2D eigenvalue weighted by Crippen LogP contribution is 2.32. The molecule has 0 aliphatic carbocycles. The fraction of sp³-hybridized carbons (Fsp3) is 0.600. The average Bonchev–Trinajstić information content (AvgIpc) is 3.09. The highest BCUT2D eigenvalue weighted by atomic mass is 35.5. The second-order valence-electron chi connectivity index (χ2n) is 8.11. The lowest BCUT2D eigenvalue weighted by Crippen LogP contribution is -2.54. The molecule has 0 spiro atoms. The molecule has 0 unspecified atom stereocenters. The predicted octanol–water partition coefficient (Wildman–Crippen LogP) is 2.05. The minimum Gasteiger partial charge on any atom is -0.355 e. The van der Waals surface area contributed by atoms with Gasteiger partial charge in [0.15, 0.2) is 0 Å². The zero-order chi connectivity index (χ0) is 22.1. The van der Waals surface area contributed by atoms with E-state index in [4.69, 9.17) is 11.6 Å². The van der Waals surface area contributed by atoms with Crippen molar-refractivity contribution in [1.29, 1.82) is 0 Å². The van der Waals surface area contributed by atoms with Crippen LogP contribution in [0.4, 0.5) is 5.69 Å². The first-order valence-electron chi connectivity index (χ1n) is 10.2. The number of sulfonamides is 1. The van der Waals surface area contributed by atoms with Crippen LogP contribution < -0.4 is 10.6 Å². The van der Waals surface area contributed by atoms with Crippen LogP contribution in [0.3, 0.4) is 0 Å². The highest BCUT2D eigenvalue weighted by molar-refractivity contribution is 7.89. The molecule has 3 rings (SSSR count). The minimum absolute atomic E-state index is 0.0209. The molecule has 0 radical (unpaired) electrons. The number of amides is 2. The van der Waals surface area contributed by atoms with E-state index in [2.05, 4.69) is 29.4 Å². The van der Waals surface area contributed by atoms with E-state index in [1.165, 1.54) is 29.4 Å². The van der Waals surface area contributed by atoms with Gasteiger partial charge in [-0.05, 0) is 64.4 Å². The molecule has 10 heteroatoms. The Kier molecular flexibility index (Phi) is 7.06. The van der Waals surface area contributed by atoms with Crippen molar-refractivity contribution in [3.05, 3.63) is 23.2 Å². The fourth-order valence-electron chi connectivity index (χ4n) is 4.17. The topological polar surface area (TPSA) is 98.8 Å². The Balaban J connectivity index is 1.93. The first kappa shape index (κ1) is 23.0. The van der Waals surface area contributed by atoms with Gasteiger partial charge < -0.3 is 15.5 Å². The van der Waals surface area contributed by atoms with E-state index >= 15 is 0 Å². The fourth-order valence-corrected chi connectivity index (χ4v) is 6.35. The smallest absolute Gasteiger partial charge is 0.244 e. The lowest BCUT2D eigenvalue weighted by Gasteiger charge is -2.41. The van der Waals surface area contributed by atoms with Crippen molar-refractivity contribution in [1.82, 2.24) is 14.5 Å². The van der Waals surface area contributed by atoms with Crippen LogP contribution in [0.2, 0.25) is 5.02 Å². The Bertz CT molecular complexity index is 913. The van der Waals surface area contributed by atoms with Gasteiger partial charge in [0, 0.05) is 25.6 Å². The minimum atomic E-state index is -3.97. The zero-order valence-electron chi connectivity index (χ0n) is 17.5. The van der Waals surface area contributed by atoms with Gasteiger partial charge in [-0.1, -0.05) is 11.6 Å². The van der Waals surface area contributed by atoms with Crippen molar-refractivity contribution in [2.24, 2.45) is 0 Å². The number of carbonyl (C=O) groups excluding carboxylic acids is 2. The molecule has 8 nitrogen and oxygen atoms in total. The van der Waals surface area contributed by atoms with Gasteiger partial charge in [0.25, 0.3) is 0 Å². The Labute approximate surface area is 183 Å². The summed E-state index contributed by atoms with van der Waals surface area (Å²) in [6.45, 7) is 7.62. The molecule has 166 valence electrons. The summed E-state index contributed by atoms with van der Waals surface area (Å²) in [6, 6.07) is 3.66. The summed E-state index contributed by atoms with van der Waals surface area (Å²) in [4.78, 5) is 26.1. The number of hydrogen-bond donors (Lipinski definition) is 2. The van der Waals surface area contributed by atoms with Gasteiger partial charge in [0.05, 0.1) is 15.6 Å². The Morgan fingerprint density at radius 1 is 1.27 bits per heavy atom. The van der Waals surface area contributed by atoms with Crippen molar-refractivity contribution in [3.8, 4) is 0 Å². The van der Waals surface area contributed by atoms with E-state index in [1.807, 2.05) is 0 Å². The standard InChI is InChI=1S/C20H29ClN4O4S/c1-13(2)24-10-7-15(8-11-24)25(19-6-9-22-20(19)27)30(28,29)16-4-5-18(17(21)12-16)23-14(3)26/h4-5,12-13,15,19H,6-11H2,1-3H3,(H,22,27)(H,23,26)/t19-/m0/s1. The van der Waals surface area contributed by atoms with Crippen LogP contribution in [0, 0.1) is 0 Å². The molecule has 2 amide bonds. The lowest BCUT2D eigenvalue weighted by molar-refractivity contribution is -0.123. The van der Waals surface area contributed by atoms with Crippen LogP contribution in [-0.2, 0) is 19.6 Å². The van der Waals surface area contributed by atoms with Crippen molar-refractivity contribution in [3.63, 3.8) is 0 Å². The number of anilines is 1. The van der Waals surface area contributed by atoms with Gasteiger partial charge in [0.1, 0.15) is 6.04 Å². The van der Waals surface area contributed by atoms with Crippen molar-refractivity contribution in [2.45, 2.75) is 63.1 Å². The maximum atomic E-state index is 13.7. The molecular weight excluding hydrogens is 428 g/mol. The summed E-state index contributed by atoms with van der Waals surface area (Å²) in [6.07, 6.45) is 1.78. The largest absolute Gasteiger partial charge is 0.355 e. The van der Waals surface area contributed by atoms with Crippen LogP contribution in [0.25, 0.3) is 0 Å². The number of piperidine rings is 1. The third-order valence-corrected chi connectivity index (χ3v) is 8.01. The van der Waals surface area contributed by atoms with Gasteiger partial charge in [-0.3, -0.25) is 9.59 Å². The highest BCUT2D eigenvalue weighted by Gasteiger charge is 2.43. The molecule has 30 heavy (non-hydrogen) atoms. The van der Waals surface area contributed by atoms with Gasteiger partial charge >= 0.3 is 0 Å². The summed E-state index contributed by atoms with van der Waals surface area (Å²) >= 11 is 6.23. The van der Waals surface area contributed by atoms with Crippen LogP contribution >= 0.6 is 11.6 Å². The van der Waals surface area contributed by atoms with E-state index in [0.717, 1.165) is 13.1 Å². The molecule has 1 aromatic rings. The van der Waals surface area contributed by atoms with E-state index < -0.39 is 16.1 Å². The molecule has 1 atom stereocenters. The summed E-state index contributed by atoms with van der Waals surface area (Å²) in [7, 11) is -3.97. The van der Waals surface area contributed by atoms with E-state index in [0.29, 0.717) is 37.5 Å². The molecule has 2 aliphatic heterocycles. The van der Waals surface area contributed by atoms with E-state index in [9.17, 15) is 18.0 Å². The average molecular weight is 457 g/mol. The number of nitrogens with one attached hydrogen (secondary N) is 2. The molecular formula is C20H29ClN4O4S. The van der Waals surface area contributed by atoms with Gasteiger partial charge in [-0.25, -0.2) is 8.42 Å². The molecule has 2 saturated heterocycles. The summed E-state index contributed by atoms with van der Waals surface area (Å²) in [5.41, 5.74) is 0.346. The summed E-state index contributed by atoms with van der Waals surface area (Å²) < 4.78 is 28.7. The Morgan fingerprint density at radius 2 is 1.93 bits per heavy atom. The number of benzene rings is 1. The van der Waals surface area contributed by atoms with E-state index in [-0.39, 0.29) is 27.8 Å². The predicted molar refractivity (Wildman–Crippen MR) is 116 cm³/mol. The third kappa shape index (κ3) is 4.80. The molecule has 2 N–H and O–H groups in total. The molecule has 2 heterocycles. The molecule has 2 fully saturated rings. The SMILES string of the molecule is CC(=O)Nc1ccc(S(=O)(=O)N(C2CCN(C(C)C)CC2)[C@H]2CCNC2=O)cc1Cl. The van der Waals surface area contributed by atoms with Crippen molar-refractivity contribution < 1.29 is 18.0 Å². The first-order valence-corrected chi connectivity index (χ1v) is 12.1. The number of halogens is 1. The maximum Gasteiger partial charge on any atom is 0.244 e. The third-order valence-electron chi connectivity index (χ3n) is 5.74. The summed E-state index contributed by atoms with van der Waals surface area (Å²) in [5.74, 6) is -0.556. The van der Waals surface area contributed by atoms with Crippen molar-refractivity contribution >= 4 is 39.1 Å². The number of likely N-dealkylation sites (tertiary alicyclic amines) is 1. The van der Waals surface area contributed by atoms with Crippen LogP contribution in [0.15, 0.2) is 23.1 Å². The number of nitrogens with zero attached hydrogens (tertiary/aromatic N) is 2. The monoisotopic (exact) mass is 456 g/mol. The molecule has 0 bridgehead atoms. The van der Waals surface area contributed by atoms with Gasteiger partial charge in [0.2, 0.25) is 21.8 Å². The lowest BCUT2D eigenvalue weighted by atomic mass is 10.0. The Morgan fingerprint density at radius 3 is 2.43 bits per heavy atom. The molecule has 0 aromatic heterocycles. The number of hydrogen-bond acceptors (Lipinski definition) is 5. The summed E-state index contributed by atoms with van der Waals surface area (Å²) in [5, 5.41) is 5.46. The van der Waals surface area contributed by atoms with Crippen LogP contribution in [-0.4, -0.2) is 67.2 Å². The first-order chi connectivity index (χ1) is 14.1. The maximum absolute atomic E-state index is 13.7. The quantitative estimate of drug-likeness (QED) is 0.682. The second kappa shape index (κ2) is 9.21. The Hall–Kier alpha value is -1.68. The van der Waals surface area contributed by atoms with Gasteiger partial charge in [-0.15, -0.1) is 0 Å². The van der Waals surface area contributed by atoms with E-state index in [1.54, 1.807) is 0 Å². The second-order valence-corrected chi connectivity index (χ2v) is 10.4. The normalized spacial score (nSPS) is 21.3. The van der Waals surface area contributed by atoms with Gasteiger partial charge in [-0.2, -0.15) is 4.31 Å². The molecule has 0 saturated carbocycles. The number of rotatable bonds is 6. The molecule has 1 aromatic carbocycles. The van der Waals surface area contributed by atoms with Crippen LogP contribution in [0.1, 0.15) is 40.0 Å². The van der Waals surface area contributed by atoms with Crippen molar-refractivity contribution in [2.75, 3.05) is 25.0 Å². The number of carbonyl (C=O) groups is 2. The zero-order valence-corrected chi connectivity index (χ0v) is 19.1.